The fraction of sp³-hybridized carbons (Fsp3) is 0.467. The second-order valence-electron chi connectivity index (χ2n) is 10.6. The Morgan fingerprint density at radius 1 is 1.00 bits per heavy atom. The molecule has 0 saturated carbocycles. The Morgan fingerprint density at radius 3 is 2.26 bits per heavy atom. The SMILES string of the molecule is CCCCCCOc1ccc([C@]2(C)CC(c3ccc(C)cc3)=C(C(=O)OC(C)(C)C)C(=O)N2)cc1. The maximum atomic E-state index is 13.4. The molecule has 0 saturated heterocycles. The van der Waals surface area contributed by atoms with E-state index < -0.39 is 23.0 Å². The molecular formula is C30H39NO4. The van der Waals surface area contributed by atoms with Crippen molar-refractivity contribution in [3.8, 4) is 5.75 Å². The Morgan fingerprint density at radius 2 is 1.66 bits per heavy atom. The van der Waals surface area contributed by atoms with Gasteiger partial charge in [-0.15, -0.1) is 0 Å². The fourth-order valence-electron chi connectivity index (χ4n) is 4.29. The molecule has 0 aromatic heterocycles. The van der Waals surface area contributed by atoms with Gasteiger partial charge in [-0.05, 0) is 69.9 Å². The van der Waals surface area contributed by atoms with E-state index in [-0.39, 0.29) is 5.57 Å². The lowest BCUT2D eigenvalue weighted by Crippen LogP contribution is -2.49. The van der Waals surface area contributed by atoms with E-state index in [1.807, 2.05) is 62.4 Å². The third-order valence-electron chi connectivity index (χ3n) is 6.21. The standard InChI is InChI=1S/C30H39NO4/c1-7-8-9-10-19-34-24-17-15-23(16-18-24)30(6)20-25(22-13-11-21(2)12-14-22)26(27(32)31-30)28(33)35-29(3,4)5/h11-18H,7-10,19-20H2,1-6H3,(H,31,32)/t30-/m0/s1. The Kier molecular flexibility index (Phi) is 8.42. The number of esters is 1. The molecule has 5 nitrogen and oxygen atoms in total. The van der Waals surface area contributed by atoms with Gasteiger partial charge in [-0.1, -0.05) is 68.1 Å². The number of aryl methyl sites for hydroxylation is 1. The molecule has 2 aromatic rings. The number of amides is 1. The van der Waals surface area contributed by atoms with E-state index in [0.29, 0.717) is 18.6 Å². The summed E-state index contributed by atoms with van der Waals surface area (Å²) >= 11 is 0. The molecule has 5 heteroatoms. The van der Waals surface area contributed by atoms with Crippen LogP contribution in [0.15, 0.2) is 54.1 Å². The van der Waals surface area contributed by atoms with Crippen molar-refractivity contribution in [2.45, 2.75) is 84.8 Å². The van der Waals surface area contributed by atoms with Gasteiger partial charge in [-0.3, -0.25) is 4.79 Å². The zero-order valence-electron chi connectivity index (χ0n) is 22.0. The third kappa shape index (κ3) is 6.97. The number of ether oxygens (including phenoxy) is 2. The molecule has 0 spiro atoms. The molecular weight excluding hydrogens is 438 g/mol. The third-order valence-corrected chi connectivity index (χ3v) is 6.21. The summed E-state index contributed by atoms with van der Waals surface area (Å²) in [7, 11) is 0. The van der Waals surface area contributed by atoms with E-state index in [1.54, 1.807) is 20.8 Å². The fourth-order valence-corrected chi connectivity index (χ4v) is 4.29. The normalized spacial score (nSPS) is 18.3. The van der Waals surface area contributed by atoms with Crippen LogP contribution in [0.2, 0.25) is 0 Å². The second-order valence-corrected chi connectivity index (χ2v) is 10.6. The lowest BCUT2D eigenvalue weighted by molar-refractivity contribution is -0.151. The summed E-state index contributed by atoms with van der Waals surface area (Å²) in [6.45, 7) is 12.3. The van der Waals surface area contributed by atoms with Gasteiger partial charge in [0.2, 0.25) is 0 Å². The molecule has 0 unspecified atom stereocenters. The molecule has 1 aliphatic heterocycles. The maximum Gasteiger partial charge on any atom is 0.344 e. The molecule has 0 radical (unpaired) electrons. The van der Waals surface area contributed by atoms with Crippen molar-refractivity contribution >= 4 is 17.4 Å². The van der Waals surface area contributed by atoms with Crippen LogP contribution in [0.3, 0.4) is 0 Å². The van der Waals surface area contributed by atoms with Gasteiger partial charge in [-0.25, -0.2) is 4.79 Å². The molecule has 0 aliphatic carbocycles. The number of carbonyl (C=O) groups is 2. The summed E-state index contributed by atoms with van der Waals surface area (Å²) < 4.78 is 11.5. The summed E-state index contributed by atoms with van der Waals surface area (Å²) in [6.07, 6.45) is 5.11. The number of hydrogen-bond donors (Lipinski definition) is 1. The van der Waals surface area contributed by atoms with Crippen LogP contribution in [0.25, 0.3) is 5.57 Å². The van der Waals surface area contributed by atoms with Crippen LogP contribution >= 0.6 is 0 Å². The van der Waals surface area contributed by atoms with Gasteiger partial charge in [0, 0.05) is 6.42 Å². The van der Waals surface area contributed by atoms with E-state index in [0.717, 1.165) is 28.9 Å². The molecule has 1 amide bonds. The highest BCUT2D eigenvalue weighted by molar-refractivity contribution is 6.23. The van der Waals surface area contributed by atoms with Gasteiger partial charge in [-0.2, -0.15) is 0 Å². The molecule has 0 fully saturated rings. The van der Waals surface area contributed by atoms with Crippen molar-refractivity contribution in [2.24, 2.45) is 0 Å². The van der Waals surface area contributed by atoms with Crippen molar-refractivity contribution in [3.63, 3.8) is 0 Å². The van der Waals surface area contributed by atoms with Crippen LogP contribution in [-0.4, -0.2) is 24.1 Å². The molecule has 1 heterocycles. The number of hydrogen-bond acceptors (Lipinski definition) is 4. The average molecular weight is 478 g/mol. The molecule has 188 valence electrons. The minimum Gasteiger partial charge on any atom is -0.494 e. The van der Waals surface area contributed by atoms with Crippen LogP contribution in [0.5, 0.6) is 5.75 Å². The first-order chi connectivity index (χ1) is 16.5. The van der Waals surface area contributed by atoms with Crippen molar-refractivity contribution in [1.29, 1.82) is 0 Å². The summed E-state index contributed by atoms with van der Waals surface area (Å²) in [5, 5.41) is 3.08. The molecule has 2 aromatic carbocycles. The largest absolute Gasteiger partial charge is 0.494 e. The molecule has 35 heavy (non-hydrogen) atoms. The van der Waals surface area contributed by atoms with Crippen LogP contribution in [0.4, 0.5) is 0 Å². The van der Waals surface area contributed by atoms with E-state index >= 15 is 0 Å². The first kappa shape index (κ1) is 26.5. The number of carbonyl (C=O) groups excluding carboxylic acids is 2. The highest BCUT2D eigenvalue weighted by Crippen LogP contribution is 2.39. The molecule has 1 N–H and O–H groups in total. The minimum atomic E-state index is -0.699. The van der Waals surface area contributed by atoms with Gasteiger partial charge in [0.25, 0.3) is 5.91 Å². The lowest BCUT2D eigenvalue weighted by atomic mass is 9.78. The van der Waals surface area contributed by atoms with E-state index in [1.165, 1.54) is 19.3 Å². The smallest absolute Gasteiger partial charge is 0.344 e. The van der Waals surface area contributed by atoms with Crippen LogP contribution in [-0.2, 0) is 19.9 Å². The van der Waals surface area contributed by atoms with Gasteiger partial charge in [0.05, 0.1) is 12.1 Å². The Hall–Kier alpha value is -3.08. The van der Waals surface area contributed by atoms with Crippen molar-refractivity contribution < 1.29 is 19.1 Å². The molecule has 1 aliphatic rings. The van der Waals surface area contributed by atoms with Crippen LogP contribution in [0, 0.1) is 6.92 Å². The van der Waals surface area contributed by atoms with E-state index in [4.69, 9.17) is 9.47 Å². The average Bonchev–Trinajstić information content (AvgIpc) is 2.78. The van der Waals surface area contributed by atoms with Crippen LogP contribution < -0.4 is 10.1 Å². The van der Waals surface area contributed by atoms with Crippen molar-refractivity contribution in [1.82, 2.24) is 5.32 Å². The predicted molar refractivity (Wildman–Crippen MR) is 140 cm³/mol. The van der Waals surface area contributed by atoms with Crippen molar-refractivity contribution in [2.75, 3.05) is 6.61 Å². The number of unbranched alkanes of at least 4 members (excludes halogenated alkanes) is 3. The topological polar surface area (TPSA) is 64.6 Å². The quantitative estimate of drug-likeness (QED) is 0.255. The van der Waals surface area contributed by atoms with Gasteiger partial charge < -0.3 is 14.8 Å². The number of benzene rings is 2. The molecule has 1 atom stereocenters. The zero-order chi connectivity index (χ0) is 25.6. The Bertz CT molecular complexity index is 1060. The molecule has 0 bridgehead atoms. The lowest BCUT2D eigenvalue weighted by Gasteiger charge is -2.37. The Balaban J connectivity index is 1.89. The maximum absolute atomic E-state index is 13.4. The predicted octanol–water partition coefficient (Wildman–Crippen LogP) is 6.48. The first-order valence-electron chi connectivity index (χ1n) is 12.6. The second kappa shape index (κ2) is 11.1. The Labute approximate surface area is 209 Å². The van der Waals surface area contributed by atoms with Gasteiger partial charge >= 0.3 is 5.97 Å². The minimum absolute atomic E-state index is 0.0771. The van der Waals surface area contributed by atoms with Crippen LogP contribution in [0.1, 0.15) is 83.4 Å². The van der Waals surface area contributed by atoms with Gasteiger partial charge in [0.15, 0.2) is 0 Å². The zero-order valence-corrected chi connectivity index (χ0v) is 22.0. The number of rotatable bonds is 9. The summed E-state index contributed by atoms with van der Waals surface area (Å²) in [5.41, 5.74) is 2.32. The van der Waals surface area contributed by atoms with Gasteiger partial charge in [0.1, 0.15) is 16.9 Å². The van der Waals surface area contributed by atoms with Crippen molar-refractivity contribution in [3.05, 3.63) is 70.8 Å². The highest BCUT2D eigenvalue weighted by Gasteiger charge is 2.41. The number of nitrogens with one attached hydrogen (secondary N) is 1. The highest BCUT2D eigenvalue weighted by atomic mass is 16.6. The first-order valence-corrected chi connectivity index (χ1v) is 12.6. The summed E-state index contributed by atoms with van der Waals surface area (Å²) in [6, 6.07) is 15.8. The monoisotopic (exact) mass is 477 g/mol. The molecule has 3 rings (SSSR count). The van der Waals surface area contributed by atoms with E-state index in [2.05, 4.69) is 12.2 Å². The summed E-state index contributed by atoms with van der Waals surface area (Å²) in [5.74, 6) is -0.195. The summed E-state index contributed by atoms with van der Waals surface area (Å²) in [4.78, 5) is 26.4. The van der Waals surface area contributed by atoms with E-state index in [9.17, 15) is 9.59 Å².